The van der Waals surface area contributed by atoms with Crippen molar-refractivity contribution in [2.24, 2.45) is 4.99 Å². The number of Topliss-reactive ketones (excluding diaryl/α,β-unsaturated/α-hetero) is 1. The molecule has 1 aromatic carbocycles. The molecule has 0 N–H and O–H groups in total. The van der Waals surface area contributed by atoms with Crippen LogP contribution in [0.15, 0.2) is 46.3 Å². The second-order valence-corrected chi connectivity index (χ2v) is 6.65. The Morgan fingerprint density at radius 2 is 2.00 bits per heavy atom. The van der Waals surface area contributed by atoms with E-state index in [-0.39, 0.29) is 5.78 Å². The van der Waals surface area contributed by atoms with E-state index in [9.17, 15) is 4.79 Å². The van der Waals surface area contributed by atoms with Crippen molar-refractivity contribution in [1.29, 1.82) is 0 Å². The fourth-order valence-electron chi connectivity index (χ4n) is 2.08. The average Bonchev–Trinajstić information content (AvgIpc) is 2.60. The van der Waals surface area contributed by atoms with Crippen LogP contribution in [0, 0.1) is 13.8 Å². The number of nitrogens with zero attached hydrogens (tertiary/aromatic N) is 3. The van der Waals surface area contributed by atoms with E-state index in [0.29, 0.717) is 11.4 Å². The molecule has 4 nitrogen and oxygen atoms in total. The largest absolute Gasteiger partial charge is 0.366 e. The monoisotopic (exact) mass is 341 g/mol. The number of carbonyl (C=O) groups excluding carboxylic acids is 1. The van der Waals surface area contributed by atoms with Crippen LogP contribution in [-0.2, 0) is 0 Å². The van der Waals surface area contributed by atoms with Crippen LogP contribution in [0.4, 0.5) is 5.69 Å². The van der Waals surface area contributed by atoms with Crippen molar-refractivity contribution in [3.8, 4) is 0 Å². The van der Waals surface area contributed by atoms with Crippen molar-refractivity contribution < 1.29 is 4.79 Å². The molecule has 0 aliphatic rings. The van der Waals surface area contributed by atoms with E-state index in [1.807, 2.05) is 62.2 Å². The molecule has 0 aliphatic carbocycles. The number of carbonyl (C=O) groups is 1. The molecule has 0 saturated heterocycles. The maximum atomic E-state index is 12.5. The molecule has 0 spiro atoms. The summed E-state index contributed by atoms with van der Waals surface area (Å²) in [5.41, 5.74) is 2.98. The summed E-state index contributed by atoms with van der Waals surface area (Å²) >= 11 is 1.53. The van der Waals surface area contributed by atoms with Gasteiger partial charge in [0.2, 0.25) is 0 Å². The number of hydrogen-bond donors (Lipinski definition) is 0. The molecule has 0 unspecified atom stereocenters. The molecule has 0 radical (unpaired) electrons. The van der Waals surface area contributed by atoms with Gasteiger partial charge in [-0.05, 0) is 44.5 Å². The Kier molecular flexibility index (Phi) is 6.55. The van der Waals surface area contributed by atoms with Gasteiger partial charge >= 0.3 is 0 Å². The molecule has 0 atom stereocenters. The molecule has 1 aromatic heterocycles. The van der Waals surface area contributed by atoms with Crippen LogP contribution in [0.5, 0.6) is 0 Å². The normalized spacial score (nSPS) is 11.0. The Balaban J connectivity index is 2.11. The van der Waals surface area contributed by atoms with Crippen LogP contribution in [0.2, 0.25) is 0 Å². The SMILES string of the molecule is CCN(C)/C=N\c1cc(C)c(C(=O)CSc2ccccc2)nc1C. The predicted octanol–water partition coefficient (Wildman–Crippen LogP) is 4.28. The van der Waals surface area contributed by atoms with Gasteiger partial charge in [-0.2, -0.15) is 0 Å². The van der Waals surface area contributed by atoms with Crippen LogP contribution in [0.1, 0.15) is 28.7 Å². The lowest BCUT2D eigenvalue weighted by Gasteiger charge is -2.10. The standard InChI is InChI=1S/C19H23N3OS/c1-5-22(4)13-20-17-11-14(2)19(21-15(17)3)18(23)12-24-16-9-7-6-8-10-16/h6-11,13H,5,12H2,1-4H3/b20-13-. The number of rotatable bonds is 7. The number of benzene rings is 1. The van der Waals surface area contributed by atoms with Crippen molar-refractivity contribution >= 4 is 29.6 Å². The fourth-order valence-corrected chi connectivity index (χ4v) is 2.86. The van der Waals surface area contributed by atoms with Gasteiger partial charge in [-0.15, -0.1) is 11.8 Å². The molecule has 0 fully saturated rings. The second kappa shape index (κ2) is 8.64. The third-order valence-corrected chi connectivity index (χ3v) is 4.66. The van der Waals surface area contributed by atoms with Crippen LogP contribution in [0.25, 0.3) is 0 Å². The molecular formula is C19H23N3OS. The highest BCUT2D eigenvalue weighted by Gasteiger charge is 2.14. The first-order valence-electron chi connectivity index (χ1n) is 7.95. The Bertz CT molecular complexity index is 729. The topological polar surface area (TPSA) is 45.6 Å². The zero-order valence-electron chi connectivity index (χ0n) is 14.6. The lowest BCUT2D eigenvalue weighted by atomic mass is 10.1. The van der Waals surface area contributed by atoms with E-state index in [2.05, 4.69) is 16.9 Å². The van der Waals surface area contributed by atoms with Gasteiger partial charge in [0.25, 0.3) is 0 Å². The Morgan fingerprint density at radius 3 is 2.67 bits per heavy atom. The van der Waals surface area contributed by atoms with Gasteiger partial charge in [0.05, 0.1) is 23.5 Å². The van der Waals surface area contributed by atoms with Gasteiger partial charge < -0.3 is 4.90 Å². The summed E-state index contributed by atoms with van der Waals surface area (Å²) in [5, 5.41) is 0. The molecular weight excluding hydrogens is 318 g/mol. The van der Waals surface area contributed by atoms with E-state index in [1.54, 1.807) is 6.34 Å². The minimum atomic E-state index is 0.0469. The van der Waals surface area contributed by atoms with E-state index in [1.165, 1.54) is 11.8 Å². The van der Waals surface area contributed by atoms with Crippen molar-refractivity contribution in [1.82, 2.24) is 9.88 Å². The highest BCUT2D eigenvalue weighted by Crippen LogP contribution is 2.23. The summed E-state index contributed by atoms with van der Waals surface area (Å²) in [7, 11) is 1.97. The number of thioether (sulfide) groups is 1. The molecule has 126 valence electrons. The highest BCUT2D eigenvalue weighted by atomic mass is 32.2. The molecule has 0 saturated carbocycles. The first-order chi connectivity index (χ1) is 11.5. The predicted molar refractivity (Wildman–Crippen MR) is 102 cm³/mol. The van der Waals surface area contributed by atoms with E-state index in [0.717, 1.165) is 28.4 Å². The number of aryl methyl sites for hydroxylation is 2. The molecule has 2 aromatic rings. The number of hydrogen-bond acceptors (Lipinski definition) is 4. The van der Waals surface area contributed by atoms with Crippen molar-refractivity contribution in [2.75, 3.05) is 19.3 Å². The highest BCUT2D eigenvalue weighted by molar-refractivity contribution is 8.00. The van der Waals surface area contributed by atoms with Crippen LogP contribution < -0.4 is 0 Å². The lowest BCUT2D eigenvalue weighted by Crippen LogP contribution is -2.14. The second-order valence-electron chi connectivity index (χ2n) is 5.60. The van der Waals surface area contributed by atoms with Gasteiger partial charge in [0.1, 0.15) is 5.69 Å². The molecule has 2 rings (SSSR count). The number of aromatic nitrogens is 1. The molecule has 0 bridgehead atoms. The molecule has 0 amide bonds. The Labute approximate surface area is 148 Å². The molecule has 0 aliphatic heterocycles. The fraction of sp³-hybridized carbons (Fsp3) is 0.316. The lowest BCUT2D eigenvalue weighted by molar-refractivity contribution is 0.101. The Hall–Kier alpha value is -2.14. The number of aliphatic imine (C=N–C) groups is 1. The summed E-state index contributed by atoms with van der Waals surface area (Å²) in [5.74, 6) is 0.434. The average molecular weight is 341 g/mol. The van der Waals surface area contributed by atoms with Crippen molar-refractivity contribution in [3.05, 3.63) is 53.3 Å². The maximum absolute atomic E-state index is 12.5. The molecule has 1 heterocycles. The van der Waals surface area contributed by atoms with E-state index < -0.39 is 0 Å². The van der Waals surface area contributed by atoms with Gasteiger partial charge in [0, 0.05) is 18.5 Å². The summed E-state index contributed by atoms with van der Waals surface area (Å²) in [6.45, 7) is 6.76. The smallest absolute Gasteiger partial charge is 0.191 e. The number of pyridine rings is 1. The summed E-state index contributed by atoms with van der Waals surface area (Å²) in [4.78, 5) is 24.5. The minimum absolute atomic E-state index is 0.0469. The van der Waals surface area contributed by atoms with Crippen LogP contribution >= 0.6 is 11.8 Å². The van der Waals surface area contributed by atoms with Crippen LogP contribution in [-0.4, -0.2) is 41.4 Å². The zero-order valence-corrected chi connectivity index (χ0v) is 15.4. The van der Waals surface area contributed by atoms with Crippen molar-refractivity contribution in [2.45, 2.75) is 25.7 Å². The van der Waals surface area contributed by atoms with E-state index in [4.69, 9.17) is 0 Å². The van der Waals surface area contributed by atoms with Crippen LogP contribution in [0.3, 0.4) is 0 Å². The van der Waals surface area contributed by atoms with Crippen molar-refractivity contribution in [3.63, 3.8) is 0 Å². The van der Waals surface area contributed by atoms with Gasteiger partial charge in [-0.25, -0.2) is 9.98 Å². The summed E-state index contributed by atoms with van der Waals surface area (Å²) in [6, 6.07) is 11.9. The zero-order chi connectivity index (χ0) is 17.5. The van der Waals surface area contributed by atoms with E-state index >= 15 is 0 Å². The van der Waals surface area contributed by atoms with Gasteiger partial charge in [-0.1, -0.05) is 18.2 Å². The first kappa shape index (κ1) is 18.2. The molecule has 5 heteroatoms. The first-order valence-corrected chi connectivity index (χ1v) is 8.93. The van der Waals surface area contributed by atoms with Gasteiger partial charge in [-0.3, -0.25) is 4.79 Å². The summed E-state index contributed by atoms with van der Waals surface area (Å²) in [6.07, 6.45) is 1.79. The third kappa shape index (κ3) is 4.93. The quantitative estimate of drug-likeness (QED) is 0.326. The minimum Gasteiger partial charge on any atom is -0.366 e. The van der Waals surface area contributed by atoms with Gasteiger partial charge in [0.15, 0.2) is 5.78 Å². The summed E-state index contributed by atoms with van der Waals surface area (Å²) < 4.78 is 0. The number of ketones is 1. The maximum Gasteiger partial charge on any atom is 0.191 e. The molecule has 24 heavy (non-hydrogen) atoms. The third-order valence-electron chi connectivity index (χ3n) is 3.65. The Morgan fingerprint density at radius 1 is 1.29 bits per heavy atom.